The van der Waals surface area contributed by atoms with E-state index < -0.39 is 0 Å². The number of carbonyl (C=O) groups excluding carboxylic acids is 1. The number of aromatic nitrogens is 2. The van der Waals surface area contributed by atoms with Crippen LogP contribution in [-0.4, -0.2) is 34.4 Å². The SMILES string of the molecule is Cc1nn(-c2ccccc2)c(C)c1CN(C)C(=O)N[C@H]1COc2ccccc21. The molecule has 6 heteroatoms. The average molecular weight is 376 g/mol. The Morgan fingerprint density at radius 3 is 2.68 bits per heavy atom. The Balaban J connectivity index is 1.47. The zero-order chi connectivity index (χ0) is 19.7. The Bertz CT molecular complexity index is 997. The molecule has 1 aliphatic rings. The number of rotatable bonds is 4. The molecule has 28 heavy (non-hydrogen) atoms. The summed E-state index contributed by atoms with van der Waals surface area (Å²) >= 11 is 0. The van der Waals surface area contributed by atoms with Gasteiger partial charge in [0.15, 0.2) is 0 Å². The molecule has 3 aromatic rings. The summed E-state index contributed by atoms with van der Waals surface area (Å²) in [5, 5.41) is 7.73. The first kappa shape index (κ1) is 18.1. The summed E-state index contributed by atoms with van der Waals surface area (Å²) in [4.78, 5) is 14.4. The number of amides is 2. The topological polar surface area (TPSA) is 59.4 Å². The van der Waals surface area contributed by atoms with Gasteiger partial charge >= 0.3 is 6.03 Å². The molecule has 144 valence electrons. The number of fused-ring (bicyclic) bond motifs is 1. The fourth-order valence-electron chi connectivity index (χ4n) is 3.57. The van der Waals surface area contributed by atoms with Gasteiger partial charge in [-0.05, 0) is 32.0 Å². The van der Waals surface area contributed by atoms with Gasteiger partial charge in [-0.1, -0.05) is 36.4 Å². The van der Waals surface area contributed by atoms with Crippen LogP contribution in [0.4, 0.5) is 4.79 Å². The normalized spacial score (nSPS) is 15.0. The molecule has 0 saturated heterocycles. The lowest BCUT2D eigenvalue weighted by Gasteiger charge is -2.21. The molecular formula is C22H24N4O2. The number of nitrogens with one attached hydrogen (secondary N) is 1. The van der Waals surface area contributed by atoms with Crippen LogP contribution in [0.1, 0.15) is 28.6 Å². The van der Waals surface area contributed by atoms with E-state index in [0.717, 1.165) is 34.0 Å². The quantitative estimate of drug-likeness (QED) is 0.754. The van der Waals surface area contributed by atoms with Gasteiger partial charge in [0.1, 0.15) is 12.4 Å². The summed E-state index contributed by atoms with van der Waals surface area (Å²) in [6.45, 7) is 4.97. The predicted molar refractivity (Wildman–Crippen MR) is 108 cm³/mol. The van der Waals surface area contributed by atoms with Crippen molar-refractivity contribution >= 4 is 6.03 Å². The molecule has 6 nitrogen and oxygen atoms in total. The van der Waals surface area contributed by atoms with Crippen molar-refractivity contribution in [1.29, 1.82) is 0 Å². The standard InChI is InChI=1S/C22H24N4O2/c1-15-19(16(2)26(24-15)17-9-5-4-6-10-17)13-25(3)22(27)23-20-14-28-21-12-8-7-11-18(20)21/h4-12,20H,13-14H2,1-3H3,(H,23,27)/t20-/m0/s1. The number of carbonyl (C=O) groups is 1. The summed E-state index contributed by atoms with van der Waals surface area (Å²) in [5.41, 5.74) is 5.06. The van der Waals surface area contributed by atoms with Gasteiger partial charge in [0.2, 0.25) is 0 Å². The molecule has 1 atom stereocenters. The molecule has 2 aromatic carbocycles. The number of nitrogens with zero attached hydrogens (tertiary/aromatic N) is 3. The third kappa shape index (κ3) is 3.33. The highest BCUT2D eigenvalue weighted by Gasteiger charge is 2.26. The first-order valence-corrected chi connectivity index (χ1v) is 9.38. The van der Waals surface area contributed by atoms with Crippen LogP contribution in [-0.2, 0) is 6.54 Å². The fraction of sp³-hybridized carbons (Fsp3) is 0.273. The maximum Gasteiger partial charge on any atom is 0.318 e. The van der Waals surface area contributed by atoms with Gasteiger partial charge in [-0.15, -0.1) is 0 Å². The maximum absolute atomic E-state index is 12.7. The van der Waals surface area contributed by atoms with Crippen molar-refractivity contribution in [3.63, 3.8) is 0 Å². The van der Waals surface area contributed by atoms with Gasteiger partial charge in [0.05, 0.1) is 24.0 Å². The zero-order valence-corrected chi connectivity index (χ0v) is 16.3. The van der Waals surface area contributed by atoms with E-state index in [1.165, 1.54) is 0 Å². The van der Waals surface area contributed by atoms with E-state index in [2.05, 4.69) is 10.4 Å². The van der Waals surface area contributed by atoms with Crippen LogP contribution in [0, 0.1) is 13.8 Å². The maximum atomic E-state index is 12.7. The Kier molecular flexibility index (Phi) is 4.77. The monoisotopic (exact) mass is 376 g/mol. The third-order valence-electron chi connectivity index (χ3n) is 5.18. The van der Waals surface area contributed by atoms with Crippen LogP contribution in [0.25, 0.3) is 5.69 Å². The van der Waals surface area contributed by atoms with E-state index in [-0.39, 0.29) is 12.1 Å². The first-order valence-electron chi connectivity index (χ1n) is 9.38. The summed E-state index contributed by atoms with van der Waals surface area (Å²) < 4.78 is 7.58. The number of aryl methyl sites for hydroxylation is 1. The summed E-state index contributed by atoms with van der Waals surface area (Å²) in [5.74, 6) is 0.839. The second-order valence-electron chi connectivity index (χ2n) is 7.10. The third-order valence-corrected chi connectivity index (χ3v) is 5.18. The van der Waals surface area contributed by atoms with Crippen LogP contribution >= 0.6 is 0 Å². The van der Waals surface area contributed by atoms with Crippen LogP contribution in [0.2, 0.25) is 0 Å². The van der Waals surface area contributed by atoms with E-state index in [9.17, 15) is 4.79 Å². The number of hydrogen-bond acceptors (Lipinski definition) is 3. The first-order chi connectivity index (χ1) is 13.5. The minimum atomic E-state index is -0.128. The molecule has 4 rings (SSSR count). The average Bonchev–Trinajstić information content (AvgIpc) is 3.24. The molecule has 1 N–H and O–H groups in total. The van der Waals surface area contributed by atoms with E-state index in [4.69, 9.17) is 4.74 Å². The number of urea groups is 1. The molecule has 0 fully saturated rings. The number of para-hydroxylation sites is 2. The van der Waals surface area contributed by atoms with E-state index in [0.29, 0.717) is 13.2 Å². The minimum Gasteiger partial charge on any atom is -0.491 e. The smallest absolute Gasteiger partial charge is 0.318 e. The Morgan fingerprint density at radius 1 is 1.18 bits per heavy atom. The van der Waals surface area contributed by atoms with Crippen molar-refractivity contribution in [2.24, 2.45) is 0 Å². The zero-order valence-electron chi connectivity index (χ0n) is 16.3. The Labute approximate surface area is 164 Å². The Morgan fingerprint density at radius 2 is 1.89 bits per heavy atom. The van der Waals surface area contributed by atoms with Crippen molar-refractivity contribution in [1.82, 2.24) is 20.0 Å². The largest absolute Gasteiger partial charge is 0.491 e. The van der Waals surface area contributed by atoms with Crippen molar-refractivity contribution in [3.05, 3.63) is 77.1 Å². The lowest BCUT2D eigenvalue weighted by Crippen LogP contribution is -2.39. The highest BCUT2D eigenvalue weighted by Crippen LogP contribution is 2.31. The fourth-order valence-corrected chi connectivity index (χ4v) is 3.57. The molecule has 2 heterocycles. The van der Waals surface area contributed by atoms with Gasteiger partial charge in [-0.25, -0.2) is 9.48 Å². The molecular weight excluding hydrogens is 352 g/mol. The van der Waals surface area contributed by atoms with Crippen molar-refractivity contribution in [2.45, 2.75) is 26.4 Å². The minimum absolute atomic E-state index is 0.125. The second kappa shape index (κ2) is 7.38. The number of ether oxygens (including phenoxy) is 1. The van der Waals surface area contributed by atoms with Gasteiger partial charge in [0.25, 0.3) is 0 Å². The lowest BCUT2D eigenvalue weighted by molar-refractivity contribution is 0.198. The van der Waals surface area contributed by atoms with Gasteiger partial charge in [0, 0.05) is 23.9 Å². The van der Waals surface area contributed by atoms with E-state index in [1.54, 1.807) is 11.9 Å². The molecule has 2 amide bonds. The van der Waals surface area contributed by atoms with Crippen molar-refractivity contribution in [2.75, 3.05) is 13.7 Å². The van der Waals surface area contributed by atoms with Crippen LogP contribution in [0.3, 0.4) is 0 Å². The van der Waals surface area contributed by atoms with Gasteiger partial charge < -0.3 is 15.0 Å². The predicted octanol–water partition coefficient (Wildman–Crippen LogP) is 3.76. The van der Waals surface area contributed by atoms with Gasteiger partial charge in [-0.2, -0.15) is 5.10 Å². The van der Waals surface area contributed by atoms with Crippen LogP contribution in [0.5, 0.6) is 5.75 Å². The molecule has 0 aliphatic carbocycles. The molecule has 0 spiro atoms. The molecule has 0 saturated carbocycles. The summed E-state index contributed by atoms with van der Waals surface area (Å²) in [7, 11) is 1.80. The Hall–Kier alpha value is -3.28. The van der Waals surface area contributed by atoms with Crippen molar-refractivity contribution in [3.8, 4) is 11.4 Å². The molecule has 1 aromatic heterocycles. The summed E-state index contributed by atoms with van der Waals surface area (Å²) in [6.07, 6.45) is 0. The number of benzene rings is 2. The molecule has 0 bridgehead atoms. The van der Waals surface area contributed by atoms with Crippen LogP contribution in [0.15, 0.2) is 54.6 Å². The highest BCUT2D eigenvalue weighted by molar-refractivity contribution is 5.75. The van der Waals surface area contributed by atoms with Gasteiger partial charge in [-0.3, -0.25) is 0 Å². The van der Waals surface area contributed by atoms with Crippen molar-refractivity contribution < 1.29 is 9.53 Å². The number of hydrogen-bond donors (Lipinski definition) is 1. The second-order valence-corrected chi connectivity index (χ2v) is 7.10. The highest BCUT2D eigenvalue weighted by atomic mass is 16.5. The van der Waals surface area contributed by atoms with E-state index >= 15 is 0 Å². The van der Waals surface area contributed by atoms with E-state index in [1.807, 2.05) is 73.1 Å². The molecule has 1 aliphatic heterocycles. The lowest BCUT2D eigenvalue weighted by atomic mass is 10.1. The van der Waals surface area contributed by atoms with Crippen LogP contribution < -0.4 is 10.1 Å². The molecule has 0 unspecified atom stereocenters. The molecule has 0 radical (unpaired) electrons. The summed E-state index contributed by atoms with van der Waals surface area (Å²) in [6, 6.07) is 17.6.